The zero-order valence-electron chi connectivity index (χ0n) is 33.0. The average Bonchev–Trinajstić information content (AvgIpc) is 3.02. The van der Waals surface area contributed by atoms with Gasteiger partial charge in [0.1, 0.15) is 0 Å². The molecule has 0 heterocycles. The van der Waals surface area contributed by atoms with Crippen LogP contribution in [0.2, 0.25) is 0 Å². The second-order valence-electron chi connectivity index (χ2n) is 12.0. The van der Waals surface area contributed by atoms with E-state index < -0.39 is 150 Å². The predicted octanol–water partition coefficient (Wildman–Crippen LogP) is -6.22. The molecule has 34 heteroatoms. The van der Waals surface area contributed by atoms with Crippen molar-refractivity contribution in [3.05, 3.63) is 0 Å². The maximum Gasteiger partial charge on any atom is 0.317 e. The van der Waals surface area contributed by atoms with Crippen LogP contribution in [0.3, 0.4) is 0 Å². The summed E-state index contributed by atoms with van der Waals surface area (Å²) < 4.78 is 0. The van der Waals surface area contributed by atoms with Gasteiger partial charge in [-0.1, -0.05) is 0 Å². The van der Waals surface area contributed by atoms with Crippen molar-refractivity contribution in [2.45, 2.75) is 0 Å². The Morgan fingerprint density at radius 3 is 0.297 bits per heavy atom. The first-order chi connectivity index (χ1) is 27.6. The summed E-state index contributed by atoms with van der Waals surface area (Å²) in [7, 11) is 0. The van der Waals surface area contributed by atoms with Gasteiger partial charge in [-0.3, -0.25) is 86.9 Å². The van der Waals surface area contributed by atoms with Crippen molar-refractivity contribution in [3.63, 3.8) is 0 Å². The number of rotatable bonds is 33. The molecule has 0 aromatic carbocycles. The zero-order chi connectivity index (χ0) is 47.1. The molecule has 0 spiro atoms. The van der Waals surface area contributed by atoms with Crippen LogP contribution < -0.4 is 0 Å². The number of nitrogens with zero attached hydrogens (tertiary/aromatic N) is 6. The molecule has 0 aromatic rings. The number of carboxylic acids is 12. The molecule has 4 radical (unpaired) electrons. The third kappa shape index (κ3) is 53.6. The maximum atomic E-state index is 10.6. The van der Waals surface area contributed by atoms with Crippen LogP contribution in [0.4, 0.5) is 0 Å². The molecular weight excluding hydrogens is 1060 g/mol. The molecule has 0 saturated carbocycles. The summed E-state index contributed by atoms with van der Waals surface area (Å²) in [6.07, 6.45) is 0. The fraction of sp³-hybridized carbons (Fsp3) is 0.600. The molecule has 0 aliphatic heterocycles. The van der Waals surface area contributed by atoms with E-state index in [1.54, 1.807) is 0 Å². The largest absolute Gasteiger partial charge is 0.480 e. The molecule has 0 bridgehead atoms. The van der Waals surface area contributed by atoms with E-state index in [4.69, 9.17) is 61.3 Å². The molecule has 0 aliphatic carbocycles. The summed E-state index contributed by atoms with van der Waals surface area (Å²) in [5, 5.41) is 103. The van der Waals surface area contributed by atoms with Gasteiger partial charge in [0.2, 0.25) is 0 Å². The SMILES string of the molecule is O=C(O)CN(CCN(CC(=O)O)CC(=O)O)CC(=O)O.O=C(O)CN(CCN(CC(=O)O)CC(=O)O)CC(=O)O.O=C(O)CN(CCN(CC(=O)O)CC(=O)O)CC(=O)O.[Co].[Co].[Co].[Co]. The van der Waals surface area contributed by atoms with E-state index in [1.807, 2.05) is 0 Å². The van der Waals surface area contributed by atoms with Gasteiger partial charge in [-0.25, -0.2) is 0 Å². The molecule has 378 valence electrons. The molecule has 12 N–H and O–H groups in total. The van der Waals surface area contributed by atoms with Gasteiger partial charge in [-0.15, -0.1) is 0 Å². The summed E-state index contributed by atoms with van der Waals surface area (Å²) >= 11 is 0. The molecule has 0 rings (SSSR count). The van der Waals surface area contributed by atoms with E-state index in [0.717, 1.165) is 29.4 Å². The van der Waals surface area contributed by atoms with Crippen molar-refractivity contribution in [1.82, 2.24) is 29.4 Å². The van der Waals surface area contributed by atoms with Crippen molar-refractivity contribution >= 4 is 71.6 Å². The maximum absolute atomic E-state index is 10.6. The number of carboxylic acid groups (broad SMARTS) is 12. The summed E-state index contributed by atoms with van der Waals surface area (Å²) in [4.78, 5) is 133. The van der Waals surface area contributed by atoms with Crippen LogP contribution in [-0.2, 0) is 125 Å². The molecular formula is C30H48Co4N6O24. The van der Waals surface area contributed by atoms with Crippen LogP contribution in [-0.4, -0.2) is 280 Å². The molecule has 0 saturated heterocycles. The van der Waals surface area contributed by atoms with E-state index in [0.29, 0.717) is 0 Å². The first-order valence-corrected chi connectivity index (χ1v) is 16.6. The zero-order valence-corrected chi connectivity index (χ0v) is 37.2. The van der Waals surface area contributed by atoms with Crippen LogP contribution in [0.15, 0.2) is 0 Å². The van der Waals surface area contributed by atoms with Gasteiger partial charge in [-0.2, -0.15) is 0 Å². The molecule has 0 aromatic heterocycles. The molecule has 0 atom stereocenters. The van der Waals surface area contributed by atoms with Crippen molar-refractivity contribution in [3.8, 4) is 0 Å². The Morgan fingerprint density at radius 1 is 0.188 bits per heavy atom. The third-order valence-corrected chi connectivity index (χ3v) is 6.50. The van der Waals surface area contributed by atoms with E-state index >= 15 is 0 Å². The average molecular weight is 1110 g/mol. The Bertz CT molecular complexity index is 1140. The minimum absolute atomic E-state index is 0. The number of hydrogen-bond donors (Lipinski definition) is 12. The van der Waals surface area contributed by atoms with E-state index in [9.17, 15) is 57.5 Å². The smallest absolute Gasteiger partial charge is 0.317 e. The van der Waals surface area contributed by atoms with Gasteiger partial charge in [0.25, 0.3) is 0 Å². The van der Waals surface area contributed by atoms with Crippen LogP contribution >= 0.6 is 0 Å². The minimum atomic E-state index is -1.23. The first kappa shape index (κ1) is 73.8. The summed E-state index contributed by atoms with van der Waals surface area (Å²) in [5.41, 5.74) is 0. The summed E-state index contributed by atoms with van der Waals surface area (Å²) in [6.45, 7) is -6.75. The summed E-state index contributed by atoms with van der Waals surface area (Å²) in [6, 6.07) is 0. The van der Waals surface area contributed by atoms with Crippen molar-refractivity contribution < 1.29 is 186 Å². The Labute approximate surface area is 403 Å². The van der Waals surface area contributed by atoms with Gasteiger partial charge >= 0.3 is 71.6 Å². The van der Waals surface area contributed by atoms with Crippen molar-refractivity contribution in [2.75, 3.05) is 118 Å². The number of carbonyl (C=O) groups is 12. The quantitative estimate of drug-likeness (QED) is 0.0291. The van der Waals surface area contributed by atoms with Gasteiger partial charge < -0.3 is 61.3 Å². The molecule has 0 unspecified atom stereocenters. The van der Waals surface area contributed by atoms with Gasteiger partial charge in [-0.05, 0) is 0 Å². The Balaban J connectivity index is -0.000000148. The van der Waals surface area contributed by atoms with Crippen molar-refractivity contribution in [2.24, 2.45) is 0 Å². The molecule has 0 aliphatic rings. The number of hydrogen-bond acceptors (Lipinski definition) is 18. The predicted molar refractivity (Wildman–Crippen MR) is 190 cm³/mol. The third-order valence-electron chi connectivity index (χ3n) is 6.50. The van der Waals surface area contributed by atoms with Gasteiger partial charge in [0, 0.05) is 106 Å². The minimum Gasteiger partial charge on any atom is -0.480 e. The fourth-order valence-corrected chi connectivity index (χ4v) is 4.43. The molecule has 64 heavy (non-hydrogen) atoms. The molecule has 0 fully saturated rings. The summed E-state index contributed by atoms with van der Waals surface area (Å²) in [5.74, 6) is -14.7. The second-order valence-corrected chi connectivity index (χ2v) is 12.0. The van der Waals surface area contributed by atoms with E-state index in [2.05, 4.69) is 0 Å². The van der Waals surface area contributed by atoms with Crippen molar-refractivity contribution in [1.29, 1.82) is 0 Å². The van der Waals surface area contributed by atoms with Crippen LogP contribution in [0.25, 0.3) is 0 Å². The van der Waals surface area contributed by atoms with Crippen LogP contribution in [0.1, 0.15) is 0 Å². The van der Waals surface area contributed by atoms with E-state index in [1.165, 1.54) is 0 Å². The van der Waals surface area contributed by atoms with E-state index in [-0.39, 0.29) is 106 Å². The van der Waals surface area contributed by atoms with Crippen LogP contribution in [0.5, 0.6) is 0 Å². The van der Waals surface area contributed by atoms with Gasteiger partial charge in [0.15, 0.2) is 0 Å². The Hall–Kier alpha value is -4.57. The Morgan fingerprint density at radius 2 is 0.250 bits per heavy atom. The van der Waals surface area contributed by atoms with Crippen LogP contribution in [0, 0.1) is 0 Å². The van der Waals surface area contributed by atoms with Gasteiger partial charge in [0.05, 0.1) is 78.5 Å². The molecule has 0 amide bonds. The first-order valence-electron chi connectivity index (χ1n) is 16.6. The Kier molecular flexibility index (Phi) is 48.9. The normalized spacial score (nSPS) is 10.0. The molecule has 30 nitrogen and oxygen atoms in total. The fourth-order valence-electron chi connectivity index (χ4n) is 4.43. The number of aliphatic carboxylic acids is 12. The standard InChI is InChI=1S/3C10H16N2O8.4Co/c3*13-7(14)3-11(4-8(15)16)1-2-12(5-9(17)18)6-10(19)20;;;;/h3*1-6H2,(H,13,14)(H,15,16)(H,17,18)(H,19,20);;;;. The monoisotopic (exact) mass is 1110 g/mol. The second kappa shape index (κ2) is 42.4. The topological polar surface area (TPSA) is 467 Å².